The van der Waals surface area contributed by atoms with Crippen molar-refractivity contribution in [1.82, 2.24) is 4.57 Å². The fraction of sp³-hybridized carbons (Fsp3) is 0.0588. The highest BCUT2D eigenvalue weighted by molar-refractivity contribution is 6.73. The molecule has 0 atom stereocenters. The summed E-state index contributed by atoms with van der Waals surface area (Å²) in [7, 11) is 0.861. The molecular weight excluding hydrogens is 651 g/mol. The molecule has 2 aliphatic rings. The van der Waals surface area contributed by atoms with Crippen LogP contribution in [-0.4, -0.2) is 11.8 Å². The molecule has 1 aromatic heterocycles. The summed E-state index contributed by atoms with van der Waals surface area (Å²) < 4.78 is 2.62. The van der Waals surface area contributed by atoms with Gasteiger partial charge in [0.2, 0.25) is 0 Å². The van der Waals surface area contributed by atoms with Gasteiger partial charge in [-0.1, -0.05) is 171 Å². The predicted molar refractivity (Wildman–Crippen MR) is 231 cm³/mol. The first kappa shape index (κ1) is 31.0. The first-order chi connectivity index (χ1) is 26.5. The molecule has 2 heterocycles. The smallest absolute Gasteiger partial charge is 0.198 e. The van der Waals surface area contributed by atoms with E-state index in [9.17, 15) is 0 Å². The Morgan fingerprint density at radius 3 is 1.98 bits per heavy atom. The van der Waals surface area contributed by atoms with Gasteiger partial charge in [-0.15, -0.1) is 0 Å². The van der Waals surface area contributed by atoms with Gasteiger partial charge in [0.1, 0.15) is 0 Å². The van der Waals surface area contributed by atoms with Crippen molar-refractivity contribution >= 4 is 51.3 Å². The van der Waals surface area contributed by atoms with E-state index in [0.29, 0.717) is 0 Å². The number of nitrogens with one attached hydrogen (secondary N) is 1. The van der Waals surface area contributed by atoms with Gasteiger partial charge in [-0.05, 0) is 74.1 Å². The van der Waals surface area contributed by atoms with E-state index in [1.54, 1.807) is 0 Å². The molecule has 0 unspecified atom stereocenters. The monoisotopic (exact) mass is 688 g/mol. The normalized spacial score (nSPS) is 13.3. The molecule has 54 heavy (non-hydrogen) atoms. The van der Waals surface area contributed by atoms with Crippen LogP contribution < -0.4 is 16.2 Å². The van der Waals surface area contributed by atoms with Gasteiger partial charge >= 0.3 is 0 Å². The molecule has 254 valence electrons. The van der Waals surface area contributed by atoms with E-state index in [1.165, 1.54) is 94.1 Å². The molecule has 0 saturated heterocycles. The Bertz CT molecular complexity index is 2940. The minimum absolute atomic E-state index is 0.107. The van der Waals surface area contributed by atoms with Crippen LogP contribution in [0.15, 0.2) is 176 Å². The van der Waals surface area contributed by atoms with Crippen molar-refractivity contribution in [2.24, 2.45) is 0 Å². The van der Waals surface area contributed by atoms with Crippen molar-refractivity contribution < 1.29 is 0 Å². The van der Waals surface area contributed by atoms with E-state index in [2.05, 4.69) is 200 Å². The van der Waals surface area contributed by atoms with Crippen molar-refractivity contribution in [3.8, 4) is 50.3 Å². The van der Waals surface area contributed by atoms with E-state index < -0.39 is 0 Å². The number of benzene rings is 8. The number of anilines is 2. The number of aromatic nitrogens is 1. The standard InChI is InChI=1S/C51H37BN2/c1-51(2)43-22-12-11-20-40(43)50-46(51)41-21-13-23-44-49(41)54(50)45-31-36(33-16-7-4-8-17-33)30-42(47(45)52-44)39-29-26-35-18-9-10-19-38(35)48(39)53-37-27-24-34(25-28-37)32-14-5-3-6-15-32/h3-31,52-53H,1-2H3. The summed E-state index contributed by atoms with van der Waals surface area (Å²) in [6.45, 7) is 4.80. The quantitative estimate of drug-likeness (QED) is 0.178. The van der Waals surface area contributed by atoms with Crippen molar-refractivity contribution in [1.29, 1.82) is 0 Å². The summed E-state index contributed by atoms with van der Waals surface area (Å²) in [6.07, 6.45) is 0. The maximum Gasteiger partial charge on any atom is 0.198 e. The van der Waals surface area contributed by atoms with Crippen molar-refractivity contribution in [2.45, 2.75) is 19.3 Å². The molecule has 0 radical (unpaired) electrons. The molecule has 1 aliphatic heterocycles. The zero-order chi connectivity index (χ0) is 36.0. The van der Waals surface area contributed by atoms with E-state index in [1.807, 2.05) is 0 Å². The van der Waals surface area contributed by atoms with Gasteiger partial charge in [-0.3, -0.25) is 0 Å². The molecule has 0 saturated carbocycles. The average molecular weight is 689 g/mol. The lowest BCUT2D eigenvalue weighted by Gasteiger charge is -2.27. The molecule has 3 heteroatoms. The topological polar surface area (TPSA) is 17.0 Å². The lowest BCUT2D eigenvalue weighted by Crippen LogP contribution is -2.37. The maximum absolute atomic E-state index is 3.95. The fourth-order valence-corrected chi connectivity index (χ4v) is 9.47. The Labute approximate surface area is 316 Å². The van der Waals surface area contributed by atoms with Gasteiger partial charge in [-0.25, -0.2) is 0 Å². The summed E-state index contributed by atoms with van der Waals surface area (Å²) in [5.74, 6) is 0. The summed E-state index contributed by atoms with van der Waals surface area (Å²) in [5.41, 5.74) is 20.3. The average Bonchev–Trinajstić information content (AvgIpc) is 3.70. The van der Waals surface area contributed by atoms with Gasteiger partial charge in [0.15, 0.2) is 7.28 Å². The summed E-state index contributed by atoms with van der Waals surface area (Å²) in [6, 6.07) is 64.6. The second kappa shape index (κ2) is 11.7. The molecule has 9 aromatic rings. The highest BCUT2D eigenvalue weighted by Gasteiger charge is 2.42. The highest BCUT2D eigenvalue weighted by Crippen LogP contribution is 2.54. The third-order valence-corrected chi connectivity index (χ3v) is 12.0. The van der Waals surface area contributed by atoms with Crippen LogP contribution in [-0.2, 0) is 5.41 Å². The molecular formula is C51H37BN2. The van der Waals surface area contributed by atoms with Crippen LogP contribution in [0.4, 0.5) is 11.4 Å². The Balaban J connectivity index is 1.18. The lowest BCUT2D eigenvalue weighted by molar-refractivity contribution is 0.666. The summed E-state index contributed by atoms with van der Waals surface area (Å²) >= 11 is 0. The molecule has 1 N–H and O–H groups in total. The Kier molecular flexibility index (Phi) is 6.72. The second-order valence-corrected chi connectivity index (χ2v) is 15.4. The van der Waals surface area contributed by atoms with Gasteiger partial charge in [-0.2, -0.15) is 0 Å². The Morgan fingerprint density at radius 1 is 0.519 bits per heavy atom. The Hall–Kier alpha value is -6.58. The molecule has 11 rings (SSSR count). The molecule has 1 aliphatic carbocycles. The third kappa shape index (κ3) is 4.55. The van der Waals surface area contributed by atoms with Crippen molar-refractivity contribution in [3.05, 3.63) is 187 Å². The number of rotatable bonds is 5. The molecule has 2 nitrogen and oxygen atoms in total. The zero-order valence-corrected chi connectivity index (χ0v) is 30.4. The van der Waals surface area contributed by atoms with E-state index in [0.717, 1.165) is 18.7 Å². The molecule has 8 aromatic carbocycles. The number of para-hydroxylation sites is 1. The Morgan fingerprint density at radius 2 is 1.19 bits per heavy atom. The van der Waals surface area contributed by atoms with Crippen LogP contribution in [0.2, 0.25) is 0 Å². The first-order valence-corrected chi connectivity index (χ1v) is 19.0. The highest BCUT2D eigenvalue weighted by atomic mass is 15.0. The SMILES string of the molecule is CC1(C)c2ccccc2-c2c1c1cccc3c1n2-c1cc(-c2ccccc2)cc(-c2ccc4ccccc4c2Nc2ccc(-c4ccccc4)cc2)c1B3. The number of hydrogen-bond acceptors (Lipinski definition) is 1. The van der Waals surface area contributed by atoms with Crippen molar-refractivity contribution in [3.63, 3.8) is 0 Å². The van der Waals surface area contributed by atoms with E-state index >= 15 is 0 Å². The van der Waals surface area contributed by atoms with Crippen molar-refractivity contribution in [2.75, 3.05) is 5.32 Å². The minimum Gasteiger partial charge on any atom is -0.355 e. The lowest BCUT2D eigenvalue weighted by atomic mass is 9.58. The van der Waals surface area contributed by atoms with Gasteiger partial charge in [0.25, 0.3) is 0 Å². The molecule has 0 bridgehead atoms. The second-order valence-electron chi connectivity index (χ2n) is 15.4. The van der Waals surface area contributed by atoms with Gasteiger partial charge < -0.3 is 9.88 Å². The van der Waals surface area contributed by atoms with E-state index in [-0.39, 0.29) is 5.41 Å². The van der Waals surface area contributed by atoms with Crippen LogP contribution in [0.1, 0.15) is 25.0 Å². The van der Waals surface area contributed by atoms with Crippen LogP contribution >= 0.6 is 0 Å². The molecule has 0 amide bonds. The van der Waals surface area contributed by atoms with Crippen LogP contribution in [0, 0.1) is 0 Å². The third-order valence-electron chi connectivity index (χ3n) is 12.0. The van der Waals surface area contributed by atoms with E-state index in [4.69, 9.17) is 0 Å². The van der Waals surface area contributed by atoms with Gasteiger partial charge in [0.05, 0.1) is 11.4 Å². The molecule has 0 spiro atoms. The number of nitrogens with zero attached hydrogens (tertiary/aromatic N) is 1. The largest absolute Gasteiger partial charge is 0.355 e. The predicted octanol–water partition coefficient (Wildman–Crippen LogP) is 11.5. The van der Waals surface area contributed by atoms with Crippen LogP contribution in [0.5, 0.6) is 0 Å². The first-order valence-electron chi connectivity index (χ1n) is 19.0. The zero-order valence-electron chi connectivity index (χ0n) is 30.4. The summed E-state index contributed by atoms with van der Waals surface area (Å²) in [5, 5.41) is 7.74. The fourth-order valence-electron chi connectivity index (χ4n) is 9.47. The summed E-state index contributed by atoms with van der Waals surface area (Å²) in [4.78, 5) is 0. The van der Waals surface area contributed by atoms with Crippen LogP contribution in [0.3, 0.4) is 0 Å². The van der Waals surface area contributed by atoms with Crippen LogP contribution in [0.25, 0.3) is 72.0 Å². The maximum atomic E-state index is 3.95. The minimum atomic E-state index is -0.107. The molecule has 0 fully saturated rings. The van der Waals surface area contributed by atoms with Gasteiger partial charge in [0, 0.05) is 44.2 Å². The number of fused-ring (bicyclic) bond motifs is 8. The number of hydrogen-bond donors (Lipinski definition) is 1.